The average molecular weight is 236 g/mol. The first kappa shape index (κ1) is 14.8. The van der Waals surface area contributed by atoms with Crippen molar-refractivity contribution in [3.8, 4) is 0 Å². The lowest BCUT2D eigenvalue weighted by atomic mass is 9.58. The molecule has 0 radical (unpaired) electrons. The highest BCUT2D eigenvalue weighted by Gasteiger charge is 2.54. The van der Waals surface area contributed by atoms with E-state index in [1.807, 2.05) is 0 Å². The first-order chi connectivity index (χ1) is 7.87. The van der Waals surface area contributed by atoms with E-state index in [9.17, 15) is 0 Å². The molecule has 0 heteroatoms. The Bertz CT molecular complexity index is 288. The molecule has 0 saturated carbocycles. The summed E-state index contributed by atoms with van der Waals surface area (Å²) in [4.78, 5) is 0. The summed E-state index contributed by atoms with van der Waals surface area (Å²) in [6, 6.07) is 0. The largest absolute Gasteiger partial charge is 0.0742 e. The van der Waals surface area contributed by atoms with Gasteiger partial charge in [-0.1, -0.05) is 72.5 Å². The van der Waals surface area contributed by atoms with Crippen molar-refractivity contribution in [1.29, 1.82) is 0 Å². The van der Waals surface area contributed by atoms with Gasteiger partial charge < -0.3 is 0 Å². The van der Waals surface area contributed by atoms with Gasteiger partial charge in [-0.15, -0.1) is 0 Å². The Hall–Kier alpha value is -0.260. The Labute approximate surface area is 109 Å². The zero-order valence-corrected chi connectivity index (χ0v) is 13.1. The van der Waals surface area contributed by atoms with Crippen LogP contribution < -0.4 is 0 Å². The van der Waals surface area contributed by atoms with Gasteiger partial charge in [-0.2, -0.15) is 0 Å². The molecule has 0 aliphatic heterocycles. The predicted molar refractivity (Wildman–Crippen MR) is 78.1 cm³/mol. The van der Waals surface area contributed by atoms with Gasteiger partial charge in [-0.25, -0.2) is 0 Å². The second kappa shape index (κ2) is 5.16. The molecule has 1 aliphatic carbocycles. The van der Waals surface area contributed by atoms with E-state index >= 15 is 0 Å². The van der Waals surface area contributed by atoms with Gasteiger partial charge in [0.15, 0.2) is 0 Å². The van der Waals surface area contributed by atoms with Crippen molar-refractivity contribution in [3.63, 3.8) is 0 Å². The molecule has 1 rings (SSSR count). The van der Waals surface area contributed by atoms with Crippen LogP contribution in [0.25, 0.3) is 0 Å². The highest BCUT2D eigenvalue weighted by molar-refractivity contribution is 5.39. The van der Waals surface area contributed by atoms with Crippen molar-refractivity contribution >= 4 is 0 Å². The maximum absolute atomic E-state index is 2.53. The average Bonchev–Trinajstić information content (AvgIpc) is 2.89. The lowest BCUT2D eigenvalue weighted by molar-refractivity contribution is 0.0457. The lowest BCUT2D eigenvalue weighted by Gasteiger charge is -2.46. The molecular formula is C17H32. The molecule has 0 aromatic heterocycles. The van der Waals surface area contributed by atoms with Crippen LogP contribution in [0.5, 0.6) is 0 Å². The second-order valence-corrected chi connectivity index (χ2v) is 6.58. The van der Waals surface area contributed by atoms with Gasteiger partial charge in [-0.3, -0.25) is 0 Å². The molecule has 0 spiro atoms. The van der Waals surface area contributed by atoms with Crippen molar-refractivity contribution in [3.05, 3.63) is 11.6 Å². The molecule has 0 saturated heterocycles. The SMILES string of the molecule is CCCC(C)C(CC)C(C)(CC)C1(C)C=C1C. The number of allylic oxidation sites excluding steroid dienone is 2. The van der Waals surface area contributed by atoms with Crippen LogP contribution in [0, 0.1) is 22.7 Å². The van der Waals surface area contributed by atoms with Crippen LogP contribution >= 0.6 is 0 Å². The molecule has 0 fully saturated rings. The van der Waals surface area contributed by atoms with Crippen LogP contribution in [0.2, 0.25) is 0 Å². The molecule has 4 atom stereocenters. The summed E-state index contributed by atoms with van der Waals surface area (Å²) < 4.78 is 0. The van der Waals surface area contributed by atoms with Crippen LogP contribution in [-0.2, 0) is 0 Å². The quantitative estimate of drug-likeness (QED) is 0.488. The lowest BCUT2D eigenvalue weighted by Crippen LogP contribution is -2.39. The van der Waals surface area contributed by atoms with Crippen LogP contribution in [0.1, 0.15) is 74.1 Å². The topological polar surface area (TPSA) is 0 Å². The van der Waals surface area contributed by atoms with Crippen molar-refractivity contribution in [2.24, 2.45) is 22.7 Å². The van der Waals surface area contributed by atoms with Crippen molar-refractivity contribution in [2.45, 2.75) is 74.1 Å². The van der Waals surface area contributed by atoms with Crippen molar-refractivity contribution in [1.82, 2.24) is 0 Å². The van der Waals surface area contributed by atoms with Crippen molar-refractivity contribution < 1.29 is 0 Å². The Balaban J connectivity index is 2.90. The smallest absolute Gasteiger partial charge is 0.0119 e. The molecule has 17 heavy (non-hydrogen) atoms. The minimum atomic E-state index is 0.407. The summed E-state index contributed by atoms with van der Waals surface area (Å²) in [5.41, 5.74) is 2.48. The minimum absolute atomic E-state index is 0.407. The summed E-state index contributed by atoms with van der Waals surface area (Å²) in [5.74, 6) is 1.71. The summed E-state index contributed by atoms with van der Waals surface area (Å²) in [6.45, 7) is 16.8. The third-order valence-electron chi connectivity index (χ3n) is 5.85. The zero-order chi connectivity index (χ0) is 13.3. The van der Waals surface area contributed by atoms with Gasteiger partial charge in [0.2, 0.25) is 0 Å². The second-order valence-electron chi connectivity index (χ2n) is 6.58. The summed E-state index contributed by atoms with van der Waals surface area (Å²) in [6.07, 6.45) is 7.81. The van der Waals surface area contributed by atoms with E-state index in [0.29, 0.717) is 10.8 Å². The number of hydrogen-bond acceptors (Lipinski definition) is 0. The van der Waals surface area contributed by atoms with Gasteiger partial charge in [0.25, 0.3) is 0 Å². The van der Waals surface area contributed by atoms with E-state index < -0.39 is 0 Å². The van der Waals surface area contributed by atoms with E-state index in [0.717, 1.165) is 11.8 Å². The first-order valence-corrected chi connectivity index (χ1v) is 7.57. The fraction of sp³-hybridized carbons (Fsp3) is 0.882. The van der Waals surface area contributed by atoms with Crippen LogP contribution in [0.15, 0.2) is 11.6 Å². The van der Waals surface area contributed by atoms with Crippen LogP contribution in [0.4, 0.5) is 0 Å². The number of rotatable bonds is 7. The molecule has 0 aromatic carbocycles. The van der Waals surface area contributed by atoms with Crippen LogP contribution in [-0.4, -0.2) is 0 Å². The van der Waals surface area contributed by atoms with E-state index in [1.54, 1.807) is 5.57 Å². The van der Waals surface area contributed by atoms with Gasteiger partial charge in [0.05, 0.1) is 0 Å². The molecule has 0 aromatic rings. The first-order valence-electron chi connectivity index (χ1n) is 7.57. The fourth-order valence-corrected chi connectivity index (χ4v) is 4.16. The zero-order valence-electron chi connectivity index (χ0n) is 13.1. The van der Waals surface area contributed by atoms with E-state index in [1.165, 1.54) is 25.7 Å². The normalized spacial score (nSPS) is 30.4. The summed E-state index contributed by atoms with van der Waals surface area (Å²) >= 11 is 0. The van der Waals surface area contributed by atoms with E-state index in [-0.39, 0.29) is 0 Å². The standard InChI is InChI=1S/C17H32/c1-8-11-13(4)15(9-2)16(6,10-3)17(7)12-14(17)5/h12-13,15H,8-11H2,1-7H3. The Morgan fingerprint density at radius 1 is 1.29 bits per heavy atom. The maximum atomic E-state index is 2.53. The molecule has 0 nitrogen and oxygen atoms in total. The van der Waals surface area contributed by atoms with Gasteiger partial charge in [-0.05, 0) is 30.6 Å². The highest BCUT2D eigenvalue weighted by Crippen LogP contribution is 2.63. The van der Waals surface area contributed by atoms with E-state index in [2.05, 4.69) is 54.5 Å². The predicted octanol–water partition coefficient (Wildman–Crippen LogP) is 5.83. The molecule has 0 heterocycles. The molecule has 0 amide bonds. The Kier molecular flexibility index (Phi) is 4.49. The Morgan fingerprint density at radius 3 is 2.12 bits per heavy atom. The van der Waals surface area contributed by atoms with Gasteiger partial charge >= 0.3 is 0 Å². The highest BCUT2D eigenvalue weighted by atomic mass is 14.6. The van der Waals surface area contributed by atoms with Gasteiger partial charge in [0.1, 0.15) is 0 Å². The summed E-state index contributed by atoms with van der Waals surface area (Å²) in [5, 5.41) is 0. The molecule has 4 unspecified atom stereocenters. The molecule has 0 N–H and O–H groups in total. The minimum Gasteiger partial charge on any atom is -0.0742 e. The molecule has 0 bridgehead atoms. The monoisotopic (exact) mass is 236 g/mol. The number of hydrogen-bond donors (Lipinski definition) is 0. The van der Waals surface area contributed by atoms with E-state index in [4.69, 9.17) is 0 Å². The summed E-state index contributed by atoms with van der Waals surface area (Å²) in [7, 11) is 0. The van der Waals surface area contributed by atoms with Gasteiger partial charge in [0, 0.05) is 5.41 Å². The molecule has 1 aliphatic rings. The van der Waals surface area contributed by atoms with Crippen molar-refractivity contribution in [2.75, 3.05) is 0 Å². The third kappa shape index (κ3) is 2.33. The van der Waals surface area contributed by atoms with Crippen LogP contribution in [0.3, 0.4) is 0 Å². The molecule has 100 valence electrons. The Morgan fingerprint density at radius 2 is 1.82 bits per heavy atom. The maximum Gasteiger partial charge on any atom is 0.0119 e. The third-order valence-corrected chi connectivity index (χ3v) is 5.85. The fourth-order valence-electron chi connectivity index (χ4n) is 4.16. The molecular weight excluding hydrogens is 204 g/mol.